The predicted molar refractivity (Wildman–Crippen MR) is 69.1 cm³/mol. The molecule has 2 heterocycles. The van der Waals surface area contributed by atoms with Crippen LogP contribution in [-0.4, -0.2) is 15.8 Å². The molecule has 0 atom stereocenters. The van der Waals surface area contributed by atoms with Crippen molar-refractivity contribution in [3.63, 3.8) is 0 Å². The molecule has 0 unspecified atom stereocenters. The first kappa shape index (κ1) is 11.2. The third kappa shape index (κ3) is 2.64. The highest BCUT2D eigenvalue weighted by molar-refractivity contribution is 5.79. The van der Waals surface area contributed by atoms with Crippen LogP contribution in [0.1, 0.15) is 10.5 Å². The lowest BCUT2D eigenvalue weighted by molar-refractivity contribution is 0.111. The van der Waals surface area contributed by atoms with E-state index in [1.807, 2.05) is 0 Å². The standard InChI is InChI=1S/C9H9N.C5H5NO/c1-10-7-6-8-4-2-3-5-9(8)10;7-4-5-2-1-3-6-5/h2-7H,1H3;1-4,6H. The highest BCUT2D eigenvalue weighted by Gasteiger charge is 1.92. The summed E-state index contributed by atoms with van der Waals surface area (Å²) in [4.78, 5) is 12.6. The van der Waals surface area contributed by atoms with Gasteiger partial charge >= 0.3 is 0 Å². The summed E-state index contributed by atoms with van der Waals surface area (Å²) in [5, 5.41) is 1.31. The van der Waals surface area contributed by atoms with Gasteiger partial charge in [0, 0.05) is 25.0 Å². The number of benzene rings is 1. The van der Waals surface area contributed by atoms with Crippen molar-refractivity contribution in [1.29, 1.82) is 0 Å². The molecule has 0 spiro atoms. The summed E-state index contributed by atoms with van der Waals surface area (Å²) in [6.07, 6.45) is 4.56. The molecule has 0 aliphatic carbocycles. The van der Waals surface area contributed by atoms with Crippen molar-refractivity contribution in [3.8, 4) is 0 Å². The van der Waals surface area contributed by atoms with Crippen molar-refractivity contribution in [1.82, 2.24) is 9.55 Å². The van der Waals surface area contributed by atoms with E-state index >= 15 is 0 Å². The maximum Gasteiger partial charge on any atom is 0.166 e. The van der Waals surface area contributed by atoms with E-state index in [-0.39, 0.29) is 0 Å². The highest BCUT2D eigenvalue weighted by Crippen LogP contribution is 2.12. The molecule has 1 aromatic carbocycles. The summed E-state index contributed by atoms with van der Waals surface area (Å²) in [5.74, 6) is 0. The van der Waals surface area contributed by atoms with E-state index in [0.29, 0.717) is 5.69 Å². The Balaban J connectivity index is 0.000000136. The Morgan fingerprint density at radius 3 is 2.53 bits per heavy atom. The molecule has 0 aliphatic heterocycles. The van der Waals surface area contributed by atoms with Crippen molar-refractivity contribution in [2.75, 3.05) is 0 Å². The van der Waals surface area contributed by atoms with E-state index in [1.165, 1.54) is 10.9 Å². The molecule has 2 aromatic heterocycles. The van der Waals surface area contributed by atoms with Crippen molar-refractivity contribution in [2.45, 2.75) is 0 Å². The Morgan fingerprint density at radius 2 is 1.94 bits per heavy atom. The Hall–Kier alpha value is -2.29. The topological polar surface area (TPSA) is 37.8 Å². The van der Waals surface area contributed by atoms with Gasteiger partial charge in [0.15, 0.2) is 6.29 Å². The van der Waals surface area contributed by atoms with Crippen LogP contribution in [-0.2, 0) is 7.05 Å². The molecule has 86 valence electrons. The molecule has 3 rings (SSSR count). The molecule has 3 heteroatoms. The number of nitrogens with one attached hydrogen (secondary N) is 1. The molecule has 0 saturated heterocycles. The average molecular weight is 226 g/mol. The summed E-state index contributed by atoms with van der Waals surface area (Å²) in [6, 6.07) is 14.0. The molecule has 3 nitrogen and oxygen atoms in total. The lowest BCUT2D eigenvalue weighted by atomic mass is 10.2. The van der Waals surface area contributed by atoms with Crippen LogP contribution in [0.25, 0.3) is 10.9 Å². The maximum absolute atomic E-state index is 9.84. The number of fused-ring (bicyclic) bond motifs is 1. The van der Waals surface area contributed by atoms with E-state index in [2.05, 4.69) is 53.1 Å². The molecular formula is C14H14N2O. The van der Waals surface area contributed by atoms with Crippen LogP contribution >= 0.6 is 0 Å². The fraction of sp³-hybridized carbons (Fsp3) is 0.0714. The zero-order chi connectivity index (χ0) is 12.1. The molecule has 0 radical (unpaired) electrons. The Kier molecular flexibility index (Phi) is 3.40. The molecule has 0 saturated carbocycles. The summed E-state index contributed by atoms with van der Waals surface area (Å²) >= 11 is 0. The number of aryl methyl sites for hydroxylation is 1. The van der Waals surface area contributed by atoms with Gasteiger partial charge in [0.25, 0.3) is 0 Å². The van der Waals surface area contributed by atoms with E-state index in [0.717, 1.165) is 6.29 Å². The minimum absolute atomic E-state index is 0.625. The number of carbonyl (C=O) groups excluding carboxylic acids is 1. The molecule has 3 aromatic rings. The number of carbonyl (C=O) groups is 1. The Morgan fingerprint density at radius 1 is 1.12 bits per heavy atom. The first-order valence-electron chi connectivity index (χ1n) is 5.40. The molecule has 0 fully saturated rings. The van der Waals surface area contributed by atoms with Crippen LogP contribution in [0.4, 0.5) is 0 Å². The zero-order valence-corrected chi connectivity index (χ0v) is 9.63. The third-order valence-corrected chi connectivity index (χ3v) is 2.54. The summed E-state index contributed by atoms with van der Waals surface area (Å²) in [7, 11) is 2.06. The van der Waals surface area contributed by atoms with Crippen molar-refractivity contribution in [2.24, 2.45) is 7.05 Å². The number of nitrogens with zero attached hydrogens (tertiary/aromatic N) is 1. The lowest BCUT2D eigenvalue weighted by Gasteiger charge is -1.92. The van der Waals surface area contributed by atoms with Gasteiger partial charge in [-0.25, -0.2) is 0 Å². The van der Waals surface area contributed by atoms with E-state index in [1.54, 1.807) is 18.3 Å². The fourth-order valence-electron chi connectivity index (χ4n) is 1.64. The monoisotopic (exact) mass is 226 g/mol. The second-order valence-corrected chi connectivity index (χ2v) is 3.73. The quantitative estimate of drug-likeness (QED) is 0.636. The van der Waals surface area contributed by atoms with Gasteiger partial charge in [0.05, 0.1) is 5.69 Å². The molecular weight excluding hydrogens is 212 g/mol. The minimum atomic E-state index is 0.625. The van der Waals surface area contributed by atoms with Gasteiger partial charge in [0.1, 0.15) is 0 Å². The number of aldehydes is 1. The number of rotatable bonds is 1. The first-order chi connectivity index (χ1) is 8.31. The minimum Gasteiger partial charge on any atom is -0.359 e. The van der Waals surface area contributed by atoms with Gasteiger partial charge in [-0.3, -0.25) is 4.79 Å². The predicted octanol–water partition coefficient (Wildman–Crippen LogP) is 3.01. The van der Waals surface area contributed by atoms with Gasteiger partial charge in [-0.1, -0.05) is 18.2 Å². The van der Waals surface area contributed by atoms with Crippen molar-refractivity contribution in [3.05, 3.63) is 60.6 Å². The summed E-state index contributed by atoms with van der Waals surface area (Å²) < 4.78 is 2.12. The second-order valence-electron chi connectivity index (χ2n) is 3.73. The SMILES string of the molecule is Cn1ccc2ccccc21.O=Cc1ccc[nH]1. The number of H-pyrrole nitrogens is 1. The molecule has 0 aliphatic rings. The van der Waals surface area contributed by atoms with Crippen LogP contribution < -0.4 is 0 Å². The number of aromatic nitrogens is 2. The van der Waals surface area contributed by atoms with Gasteiger partial charge in [-0.05, 0) is 29.7 Å². The number of para-hydroxylation sites is 1. The fourth-order valence-corrected chi connectivity index (χ4v) is 1.64. The second kappa shape index (κ2) is 5.16. The van der Waals surface area contributed by atoms with Crippen LogP contribution in [0.3, 0.4) is 0 Å². The Bertz CT molecular complexity index is 594. The molecule has 0 amide bonds. The van der Waals surface area contributed by atoms with Gasteiger partial charge < -0.3 is 9.55 Å². The molecule has 0 bridgehead atoms. The van der Waals surface area contributed by atoms with Crippen molar-refractivity contribution < 1.29 is 4.79 Å². The summed E-state index contributed by atoms with van der Waals surface area (Å²) in [5.41, 5.74) is 1.92. The first-order valence-corrected chi connectivity index (χ1v) is 5.40. The van der Waals surface area contributed by atoms with Gasteiger partial charge in [-0.2, -0.15) is 0 Å². The van der Waals surface area contributed by atoms with Gasteiger partial charge in [0.2, 0.25) is 0 Å². The number of aromatic amines is 1. The van der Waals surface area contributed by atoms with E-state index < -0.39 is 0 Å². The van der Waals surface area contributed by atoms with Crippen molar-refractivity contribution >= 4 is 17.2 Å². The largest absolute Gasteiger partial charge is 0.359 e. The van der Waals surface area contributed by atoms with Crippen LogP contribution in [0, 0.1) is 0 Å². The normalized spacial score (nSPS) is 9.71. The average Bonchev–Trinajstić information content (AvgIpc) is 3.01. The Labute approximate surface area is 99.7 Å². The number of hydrogen-bond donors (Lipinski definition) is 1. The summed E-state index contributed by atoms with van der Waals surface area (Å²) in [6.45, 7) is 0. The maximum atomic E-state index is 9.84. The van der Waals surface area contributed by atoms with Crippen LogP contribution in [0.5, 0.6) is 0 Å². The molecule has 1 N–H and O–H groups in total. The zero-order valence-electron chi connectivity index (χ0n) is 9.63. The third-order valence-electron chi connectivity index (χ3n) is 2.54. The smallest absolute Gasteiger partial charge is 0.166 e. The number of hydrogen-bond acceptors (Lipinski definition) is 1. The van der Waals surface area contributed by atoms with E-state index in [9.17, 15) is 4.79 Å². The lowest BCUT2D eigenvalue weighted by Crippen LogP contribution is -1.81. The van der Waals surface area contributed by atoms with Crippen LogP contribution in [0.15, 0.2) is 54.9 Å². The van der Waals surface area contributed by atoms with Gasteiger partial charge in [-0.15, -0.1) is 0 Å². The van der Waals surface area contributed by atoms with E-state index in [4.69, 9.17) is 0 Å². The molecule has 17 heavy (non-hydrogen) atoms. The highest BCUT2D eigenvalue weighted by atomic mass is 16.1. The van der Waals surface area contributed by atoms with Crippen LogP contribution in [0.2, 0.25) is 0 Å².